The highest BCUT2D eigenvalue weighted by molar-refractivity contribution is 6.35. The largest absolute Gasteiger partial charge is 0.479 e. The van der Waals surface area contributed by atoms with Crippen LogP contribution < -0.4 is 15.0 Å². The number of piperidine rings is 1. The fraction of sp³-hybridized carbons (Fsp3) is 0.368. The molecule has 5 nitrogen and oxygen atoms in total. The van der Waals surface area contributed by atoms with Gasteiger partial charge in [0, 0.05) is 18.1 Å². The standard InChI is InChI=1S/C19H21Cl2N3O2/c1-13(26-17-7-5-14(20)11-16(17)21)19(25)23-15-6-8-18(22-12-15)24-9-3-2-4-10-24/h5-8,11-13H,2-4,9-10H2,1H3,(H,23,25). The van der Waals surface area contributed by atoms with Crippen molar-refractivity contribution in [1.29, 1.82) is 0 Å². The quantitative estimate of drug-likeness (QED) is 0.793. The van der Waals surface area contributed by atoms with E-state index in [1.165, 1.54) is 19.3 Å². The lowest BCUT2D eigenvalue weighted by Gasteiger charge is -2.27. The Labute approximate surface area is 163 Å². The van der Waals surface area contributed by atoms with Gasteiger partial charge >= 0.3 is 0 Å². The molecule has 1 aromatic heterocycles. The molecule has 0 bridgehead atoms. The maximum absolute atomic E-state index is 12.3. The number of ether oxygens (including phenoxy) is 1. The van der Waals surface area contributed by atoms with Gasteiger partial charge in [-0.25, -0.2) is 4.98 Å². The summed E-state index contributed by atoms with van der Waals surface area (Å²) < 4.78 is 5.62. The van der Waals surface area contributed by atoms with E-state index < -0.39 is 6.10 Å². The Kier molecular flexibility index (Phi) is 6.22. The Morgan fingerprint density at radius 2 is 1.96 bits per heavy atom. The minimum atomic E-state index is -0.713. The number of anilines is 2. The number of rotatable bonds is 5. The molecule has 0 spiro atoms. The third-order valence-electron chi connectivity index (χ3n) is 4.26. The molecule has 3 rings (SSSR count). The van der Waals surface area contributed by atoms with Crippen molar-refractivity contribution >= 4 is 40.6 Å². The van der Waals surface area contributed by atoms with E-state index in [0.29, 0.717) is 21.5 Å². The second kappa shape index (κ2) is 8.60. The van der Waals surface area contributed by atoms with Crippen LogP contribution in [0.15, 0.2) is 36.5 Å². The molecule has 1 aliphatic rings. The summed E-state index contributed by atoms with van der Waals surface area (Å²) >= 11 is 11.9. The highest BCUT2D eigenvalue weighted by atomic mass is 35.5. The van der Waals surface area contributed by atoms with Crippen LogP contribution in [-0.2, 0) is 4.79 Å². The van der Waals surface area contributed by atoms with E-state index >= 15 is 0 Å². The molecule has 26 heavy (non-hydrogen) atoms. The number of nitrogens with zero attached hydrogens (tertiary/aromatic N) is 2. The molecule has 0 aliphatic carbocycles. The first-order valence-corrected chi connectivity index (χ1v) is 9.42. The summed E-state index contributed by atoms with van der Waals surface area (Å²) in [6.07, 6.45) is 4.63. The molecule has 1 fully saturated rings. The van der Waals surface area contributed by atoms with Crippen molar-refractivity contribution in [3.05, 3.63) is 46.6 Å². The fourth-order valence-electron chi connectivity index (χ4n) is 2.83. The number of aromatic nitrogens is 1. The van der Waals surface area contributed by atoms with Crippen molar-refractivity contribution in [2.24, 2.45) is 0 Å². The average Bonchev–Trinajstić information content (AvgIpc) is 2.65. The molecule has 2 aromatic rings. The SMILES string of the molecule is CC(Oc1ccc(Cl)cc1Cl)C(=O)Nc1ccc(N2CCCCC2)nc1. The first-order valence-electron chi connectivity index (χ1n) is 8.66. The zero-order chi connectivity index (χ0) is 18.5. The summed E-state index contributed by atoms with van der Waals surface area (Å²) in [5.41, 5.74) is 0.633. The van der Waals surface area contributed by atoms with Gasteiger partial charge in [0.15, 0.2) is 6.10 Å². The van der Waals surface area contributed by atoms with Crippen molar-refractivity contribution < 1.29 is 9.53 Å². The first-order chi connectivity index (χ1) is 12.5. The van der Waals surface area contributed by atoms with Gasteiger partial charge in [-0.05, 0) is 56.5 Å². The number of pyridine rings is 1. The van der Waals surface area contributed by atoms with E-state index in [0.717, 1.165) is 18.9 Å². The number of carbonyl (C=O) groups is 1. The van der Waals surface area contributed by atoms with Crippen LogP contribution in [0.5, 0.6) is 5.75 Å². The maximum Gasteiger partial charge on any atom is 0.265 e. The number of benzene rings is 1. The van der Waals surface area contributed by atoms with Crippen LogP contribution in [0, 0.1) is 0 Å². The van der Waals surface area contributed by atoms with E-state index in [9.17, 15) is 4.79 Å². The molecular weight excluding hydrogens is 373 g/mol. The summed E-state index contributed by atoms with van der Waals surface area (Å²) in [6, 6.07) is 8.67. The van der Waals surface area contributed by atoms with Crippen molar-refractivity contribution in [2.45, 2.75) is 32.3 Å². The Hall–Kier alpha value is -1.98. The van der Waals surface area contributed by atoms with Crippen molar-refractivity contribution in [2.75, 3.05) is 23.3 Å². The third-order valence-corrected chi connectivity index (χ3v) is 4.79. The smallest absolute Gasteiger partial charge is 0.265 e. The zero-order valence-electron chi connectivity index (χ0n) is 14.5. The Bertz CT molecular complexity index is 762. The highest BCUT2D eigenvalue weighted by Crippen LogP contribution is 2.28. The normalized spacial score (nSPS) is 15.4. The lowest BCUT2D eigenvalue weighted by Crippen LogP contribution is -2.31. The summed E-state index contributed by atoms with van der Waals surface area (Å²) in [5.74, 6) is 1.08. The molecule has 0 radical (unpaired) electrons. The van der Waals surface area contributed by atoms with Crippen LogP contribution in [-0.4, -0.2) is 30.1 Å². The summed E-state index contributed by atoms with van der Waals surface area (Å²) in [5, 5.41) is 3.69. The molecule has 1 aliphatic heterocycles. The summed E-state index contributed by atoms with van der Waals surface area (Å²) in [7, 11) is 0. The number of hydrogen-bond donors (Lipinski definition) is 1. The van der Waals surface area contributed by atoms with Crippen molar-refractivity contribution in [3.63, 3.8) is 0 Å². The molecule has 138 valence electrons. The number of amides is 1. The minimum Gasteiger partial charge on any atom is -0.479 e. The summed E-state index contributed by atoms with van der Waals surface area (Å²) in [4.78, 5) is 19.1. The van der Waals surface area contributed by atoms with Crippen molar-refractivity contribution in [1.82, 2.24) is 4.98 Å². The average molecular weight is 394 g/mol. The Morgan fingerprint density at radius 1 is 1.19 bits per heavy atom. The highest BCUT2D eigenvalue weighted by Gasteiger charge is 2.17. The van der Waals surface area contributed by atoms with E-state index in [1.807, 2.05) is 12.1 Å². The minimum absolute atomic E-state index is 0.275. The topological polar surface area (TPSA) is 54.5 Å². The molecule has 1 saturated heterocycles. The van der Waals surface area contributed by atoms with Crippen LogP contribution >= 0.6 is 23.2 Å². The van der Waals surface area contributed by atoms with E-state index in [2.05, 4.69) is 15.2 Å². The molecule has 1 amide bonds. The van der Waals surface area contributed by atoms with Gasteiger partial charge in [0.2, 0.25) is 0 Å². The molecule has 1 aromatic carbocycles. The molecule has 1 N–H and O–H groups in total. The van der Waals surface area contributed by atoms with Gasteiger partial charge in [0.05, 0.1) is 16.9 Å². The monoisotopic (exact) mass is 393 g/mol. The molecule has 0 saturated carbocycles. The second-order valence-electron chi connectivity index (χ2n) is 6.28. The summed E-state index contributed by atoms with van der Waals surface area (Å²) in [6.45, 7) is 3.73. The Morgan fingerprint density at radius 3 is 2.62 bits per heavy atom. The molecule has 1 atom stereocenters. The van der Waals surface area contributed by atoms with Gasteiger partial charge in [-0.1, -0.05) is 23.2 Å². The number of nitrogens with one attached hydrogen (secondary N) is 1. The second-order valence-corrected chi connectivity index (χ2v) is 7.12. The molecule has 7 heteroatoms. The van der Waals surface area contributed by atoms with Gasteiger partial charge in [-0.15, -0.1) is 0 Å². The number of carbonyl (C=O) groups excluding carboxylic acids is 1. The maximum atomic E-state index is 12.3. The van der Waals surface area contributed by atoms with E-state index in [4.69, 9.17) is 27.9 Å². The number of hydrogen-bond acceptors (Lipinski definition) is 4. The van der Waals surface area contributed by atoms with Gasteiger partial charge in [0.1, 0.15) is 11.6 Å². The third kappa shape index (κ3) is 4.80. The molecule has 2 heterocycles. The lowest BCUT2D eigenvalue weighted by atomic mass is 10.1. The van der Waals surface area contributed by atoms with E-state index in [-0.39, 0.29) is 5.91 Å². The fourth-order valence-corrected chi connectivity index (χ4v) is 3.28. The van der Waals surface area contributed by atoms with Crippen LogP contribution in [0.3, 0.4) is 0 Å². The van der Waals surface area contributed by atoms with Gasteiger partial charge in [0.25, 0.3) is 5.91 Å². The predicted octanol–water partition coefficient (Wildman–Crippen LogP) is 4.78. The van der Waals surface area contributed by atoms with Gasteiger partial charge in [-0.3, -0.25) is 4.79 Å². The first kappa shape index (κ1) is 18.8. The molecule has 1 unspecified atom stereocenters. The van der Waals surface area contributed by atoms with E-state index in [1.54, 1.807) is 31.3 Å². The zero-order valence-corrected chi connectivity index (χ0v) is 16.1. The van der Waals surface area contributed by atoms with Crippen LogP contribution in [0.2, 0.25) is 10.0 Å². The van der Waals surface area contributed by atoms with Crippen molar-refractivity contribution in [3.8, 4) is 5.75 Å². The number of halogens is 2. The van der Waals surface area contributed by atoms with Crippen LogP contribution in [0.1, 0.15) is 26.2 Å². The molecular formula is C19H21Cl2N3O2. The predicted molar refractivity (Wildman–Crippen MR) is 105 cm³/mol. The lowest BCUT2D eigenvalue weighted by molar-refractivity contribution is -0.122. The van der Waals surface area contributed by atoms with Gasteiger partial charge in [-0.2, -0.15) is 0 Å². The van der Waals surface area contributed by atoms with Crippen LogP contribution in [0.4, 0.5) is 11.5 Å². The van der Waals surface area contributed by atoms with Gasteiger partial charge < -0.3 is 15.0 Å². The Balaban J connectivity index is 1.58. The van der Waals surface area contributed by atoms with Crippen LogP contribution in [0.25, 0.3) is 0 Å².